The van der Waals surface area contributed by atoms with Gasteiger partial charge in [0.2, 0.25) is 0 Å². The highest BCUT2D eigenvalue weighted by Gasteiger charge is 2.09. The van der Waals surface area contributed by atoms with Crippen LogP contribution in [-0.4, -0.2) is 22.3 Å². The minimum atomic E-state index is -0.435. The fraction of sp³-hybridized carbons (Fsp3) is 0.174. The van der Waals surface area contributed by atoms with Crippen LogP contribution in [0.15, 0.2) is 76.1 Å². The van der Waals surface area contributed by atoms with Crippen molar-refractivity contribution >= 4 is 22.7 Å². The minimum absolute atomic E-state index is 0.182. The molecule has 0 unspecified atom stereocenters. The van der Waals surface area contributed by atoms with E-state index in [1.54, 1.807) is 41.2 Å². The maximum absolute atomic E-state index is 12.3. The molecule has 0 aliphatic heterocycles. The van der Waals surface area contributed by atoms with Crippen LogP contribution in [-0.2, 0) is 17.8 Å². The summed E-state index contributed by atoms with van der Waals surface area (Å²) in [5, 5.41) is 7.88. The average molecular weight is 403 g/mol. The number of aryl methyl sites for hydroxylation is 1. The van der Waals surface area contributed by atoms with Crippen molar-refractivity contribution in [2.45, 2.75) is 19.9 Å². The van der Waals surface area contributed by atoms with E-state index in [9.17, 15) is 9.59 Å². The molecule has 2 aromatic heterocycles. The second kappa shape index (κ2) is 8.65. The van der Waals surface area contributed by atoms with Crippen LogP contribution >= 0.6 is 0 Å². The Morgan fingerprint density at radius 2 is 1.83 bits per heavy atom. The van der Waals surface area contributed by atoms with Crippen LogP contribution in [0.3, 0.4) is 0 Å². The Morgan fingerprint density at radius 3 is 2.63 bits per heavy atom. The molecule has 4 aromatic rings. The van der Waals surface area contributed by atoms with E-state index in [0.29, 0.717) is 23.7 Å². The van der Waals surface area contributed by atoms with E-state index in [1.165, 1.54) is 11.6 Å². The molecule has 7 heteroatoms. The quantitative estimate of drug-likeness (QED) is 0.476. The largest absolute Gasteiger partial charge is 0.484 e. The fourth-order valence-corrected chi connectivity index (χ4v) is 3.08. The average Bonchev–Trinajstić information content (AvgIpc) is 3.18. The van der Waals surface area contributed by atoms with Gasteiger partial charge in [-0.05, 0) is 35.7 Å². The summed E-state index contributed by atoms with van der Waals surface area (Å²) < 4.78 is 12.4. The molecule has 30 heavy (non-hydrogen) atoms. The van der Waals surface area contributed by atoms with Crippen molar-refractivity contribution in [3.8, 4) is 5.75 Å². The van der Waals surface area contributed by atoms with Crippen LogP contribution < -0.4 is 15.7 Å². The number of anilines is 1. The van der Waals surface area contributed by atoms with Gasteiger partial charge >= 0.3 is 5.63 Å². The second-order valence-electron chi connectivity index (χ2n) is 6.84. The second-order valence-corrected chi connectivity index (χ2v) is 6.84. The first-order chi connectivity index (χ1) is 14.6. The number of rotatable bonds is 7. The summed E-state index contributed by atoms with van der Waals surface area (Å²) in [7, 11) is 0. The number of hydrogen-bond acceptors (Lipinski definition) is 5. The van der Waals surface area contributed by atoms with Crippen LogP contribution in [0.25, 0.3) is 11.0 Å². The molecule has 7 nitrogen and oxygen atoms in total. The van der Waals surface area contributed by atoms with Gasteiger partial charge < -0.3 is 14.5 Å². The normalized spacial score (nSPS) is 10.8. The maximum Gasteiger partial charge on any atom is 0.336 e. The number of fused-ring (bicyclic) bond motifs is 1. The van der Waals surface area contributed by atoms with Crippen LogP contribution in [0.5, 0.6) is 5.75 Å². The zero-order chi connectivity index (χ0) is 20.9. The molecule has 0 fully saturated rings. The maximum atomic E-state index is 12.3. The molecular formula is C23H21N3O4. The molecule has 1 amide bonds. The molecule has 1 N–H and O–H groups in total. The fourth-order valence-electron chi connectivity index (χ4n) is 3.08. The molecule has 0 radical (unpaired) electrons. The molecule has 152 valence electrons. The van der Waals surface area contributed by atoms with Crippen molar-refractivity contribution in [1.82, 2.24) is 9.78 Å². The highest BCUT2D eigenvalue weighted by atomic mass is 16.5. The Morgan fingerprint density at radius 1 is 1.07 bits per heavy atom. The van der Waals surface area contributed by atoms with Gasteiger partial charge in [-0.15, -0.1) is 0 Å². The van der Waals surface area contributed by atoms with Gasteiger partial charge in [0.05, 0.1) is 12.7 Å². The molecule has 0 saturated carbocycles. The van der Waals surface area contributed by atoms with Crippen LogP contribution in [0.4, 0.5) is 5.82 Å². The molecule has 0 bridgehead atoms. The number of carbonyl (C=O) groups excluding carboxylic acids is 1. The molecular weight excluding hydrogens is 382 g/mol. The molecule has 4 rings (SSSR count). The molecule has 2 aromatic carbocycles. The van der Waals surface area contributed by atoms with Gasteiger partial charge in [-0.3, -0.25) is 4.79 Å². The molecule has 0 aliphatic rings. The predicted molar refractivity (Wildman–Crippen MR) is 114 cm³/mol. The monoisotopic (exact) mass is 403 g/mol. The Balaban J connectivity index is 1.37. The summed E-state index contributed by atoms with van der Waals surface area (Å²) in [4.78, 5) is 23.7. The van der Waals surface area contributed by atoms with Crippen LogP contribution in [0.1, 0.15) is 18.1 Å². The van der Waals surface area contributed by atoms with E-state index in [0.717, 1.165) is 17.4 Å². The van der Waals surface area contributed by atoms with Gasteiger partial charge in [0.15, 0.2) is 6.61 Å². The lowest BCUT2D eigenvalue weighted by Crippen LogP contribution is -2.22. The topological polar surface area (TPSA) is 86.4 Å². The van der Waals surface area contributed by atoms with Crippen LogP contribution in [0.2, 0.25) is 0 Å². The number of ether oxygens (including phenoxy) is 1. The number of nitrogens with one attached hydrogen (secondary N) is 1. The van der Waals surface area contributed by atoms with Gasteiger partial charge in [-0.2, -0.15) is 5.10 Å². The van der Waals surface area contributed by atoms with Gasteiger partial charge in [-0.1, -0.05) is 31.2 Å². The lowest BCUT2D eigenvalue weighted by Gasteiger charge is -2.10. The Hall–Kier alpha value is -3.87. The van der Waals surface area contributed by atoms with E-state index in [1.807, 2.05) is 0 Å². The predicted octanol–water partition coefficient (Wildman–Crippen LogP) is 3.62. The Bertz CT molecular complexity index is 1230. The highest BCUT2D eigenvalue weighted by molar-refractivity contribution is 5.91. The third-order valence-electron chi connectivity index (χ3n) is 4.71. The van der Waals surface area contributed by atoms with E-state index in [4.69, 9.17) is 9.15 Å². The summed E-state index contributed by atoms with van der Waals surface area (Å²) >= 11 is 0. The van der Waals surface area contributed by atoms with Gasteiger partial charge in [-0.25, -0.2) is 9.48 Å². The number of hydrogen-bond donors (Lipinski definition) is 1. The highest BCUT2D eigenvalue weighted by Crippen LogP contribution is 2.19. The first-order valence-corrected chi connectivity index (χ1v) is 9.67. The molecule has 2 heterocycles. The molecule has 0 aliphatic carbocycles. The number of benzene rings is 2. The lowest BCUT2D eigenvalue weighted by atomic mass is 10.1. The van der Waals surface area contributed by atoms with Crippen molar-refractivity contribution in [3.05, 3.63) is 88.4 Å². The Kier molecular flexibility index (Phi) is 5.61. The first kappa shape index (κ1) is 19.4. The molecule has 0 atom stereocenters. The first-order valence-electron chi connectivity index (χ1n) is 9.67. The summed E-state index contributed by atoms with van der Waals surface area (Å²) in [6.45, 7) is 2.49. The summed E-state index contributed by atoms with van der Waals surface area (Å²) in [6, 6.07) is 18.2. The summed E-state index contributed by atoms with van der Waals surface area (Å²) in [6.07, 6.45) is 2.63. The van der Waals surface area contributed by atoms with E-state index in [2.05, 4.69) is 41.6 Å². The van der Waals surface area contributed by atoms with E-state index >= 15 is 0 Å². The summed E-state index contributed by atoms with van der Waals surface area (Å²) in [5.74, 6) is 0.719. The molecule has 0 spiro atoms. The van der Waals surface area contributed by atoms with Gasteiger partial charge in [0.25, 0.3) is 5.91 Å². The van der Waals surface area contributed by atoms with Crippen molar-refractivity contribution in [3.63, 3.8) is 0 Å². The Labute approximate surface area is 172 Å². The number of amides is 1. The summed E-state index contributed by atoms with van der Waals surface area (Å²) in [5.41, 5.74) is 2.35. The third kappa shape index (κ3) is 4.57. The standard InChI is InChI=1S/C23H21N3O4/c1-2-16-3-5-17(6-4-16)14-26-21(11-12-24-26)25-22(27)15-29-19-9-7-18-8-10-23(28)30-20(18)13-19/h3-13H,2,14-15H2,1H3,(H,25,27). The third-order valence-corrected chi connectivity index (χ3v) is 4.71. The van der Waals surface area contributed by atoms with Gasteiger partial charge in [0.1, 0.15) is 17.2 Å². The zero-order valence-corrected chi connectivity index (χ0v) is 16.5. The lowest BCUT2D eigenvalue weighted by molar-refractivity contribution is -0.118. The van der Waals surface area contributed by atoms with Crippen molar-refractivity contribution < 1.29 is 13.9 Å². The van der Waals surface area contributed by atoms with Crippen molar-refractivity contribution in [2.75, 3.05) is 11.9 Å². The SMILES string of the molecule is CCc1ccc(Cn2nccc2NC(=O)COc2ccc3ccc(=O)oc3c2)cc1. The number of aromatic nitrogens is 2. The smallest absolute Gasteiger partial charge is 0.336 e. The number of nitrogens with zero attached hydrogens (tertiary/aromatic N) is 2. The van der Waals surface area contributed by atoms with Crippen molar-refractivity contribution in [2.24, 2.45) is 0 Å². The van der Waals surface area contributed by atoms with Gasteiger partial charge in [0, 0.05) is 23.6 Å². The minimum Gasteiger partial charge on any atom is -0.484 e. The molecule has 0 saturated heterocycles. The number of carbonyl (C=O) groups is 1. The van der Waals surface area contributed by atoms with E-state index in [-0.39, 0.29) is 12.5 Å². The van der Waals surface area contributed by atoms with Crippen LogP contribution in [0, 0.1) is 0 Å². The van der Waals surface area contributed by atoms with E-state index < -0.39 is 5.63 Å². The zero-order valence-electron chi connectivity index (χ0n) is 16.5. The van der Waals surface area contributed by atoms with Crippen molar-refractivity contribution in [1.29, 1.82) is 0 Å².